The first-order valence-electron chi connectivity index (χ1n) is 7.32. The van der Waals surface area contributed by atoms with Gasteiger partial charge in [0, 0.05) is 25.2 Å². The van der Waals surface area contributed by atoms with Crippen molar-refractivity contribution in [3.05, 3.63) is 0 Å². The molecular formula is C14H28N2O. The van der Waals surface area contributed by atoms with E-state index in [0.717, 1.165) is 25.7 Å². The summed E-state index contributed by atoms with van der Waals surface area (Å²) in [6.45, 7) is 6.47. The Hall–Kier alpha value is -0.120. The summed E-state index contributed by atoms with van der Waals surface area (Å²) in [5.74, 6) is 0.953. The van der Waals surface area contributed by atoms with Crippen molar-refractivity contribution in [1.29, 1.82) is 0 Å². The first-order valence-corrected chi connectivity index (χ1v) is 7.32. The van der Waals surface area contributed by atoms with Gasteiger partial charge >= 0.3 is 0 Å². The van der Waals surface area contributed by atoms with E-state index in [0.29, 0.717) is 12.1 Å². The van der Waals surface area contributed by atoms with Crippen LogP contribution in [0.5, 0.6) is 0 Å². The molecule has 1 aliphatic carbocycles. The fourth-order valence-corrected chi connectivity index (χ4v) is 2.94. The van der Waals surface area contributed by atoms with E-state index in [2.05, 4.69) is 24.2 Å². The lowest BCUT2D eigenvalue weighted by atomic mass is 9.84. The van der Waals surface area contributed by atoms with Gasteiger partial charge in [-0.1, -0.05) is 13.3 Å². The van der Waals surface area contributed by atoms with Crippen LogP contribution in [-0.2, 0) is 4.74 Å². The third kappa shape index (κ3) is 3.67. The fraction of sp³-hybridized carbons (Fsp3) is 1.00. The van der Waals surface area contributed by atoms with Gasteiger partial charge in [-0.05, 0) is 45.2 Å². The minimum absolute atomic E-state index is 0.580. The molecule has 2 rings (SSSR count). The topological polar surface area (TPSA) is 24.5 Å². The molecule has 2 unspecified atom stereocenters. The molecule has 3 nitrogen and oxygen atoms in total. The molecule has 0 amide bonds. The van der Waals surface area contributed by atoms with Crippen LogP contribution in [0.2, 0.25) is 0 Å². The normalized spacial score (nSPS) is 30.5. The molecule has 1 heterocycles. The van der Waals surface area contributed by atoms with Crippen molar-refractivity contribution in [2.24, 2.45) is 5.92 Å². The number of ether oxygens (including phenoxy) is 1. The molecule has 2 atom stereocenters. The summed E-state index contributed by atoms with van der Waals surface area (Å²) in [7, 11) is 2.28. The Morgan fingerprint density at radius 2 is 2.12 bits per heavy atom. The van der Waals surface area contributed by atoms with E-state index < -0.39 is 0 Å². The fourth-order valence-electron chi connectivity index (χ4n) is 2.94. The lowest BCUT2D eigenvalue weighted by Gasteiger charge is -2.41. The molecule has 1 saturated carbocycles. The highest BCUT2D eigenvalue weighted by Gasteiger charge is 2.30. The average molecular weight is 240 g/mol. The highest BCUT2D eigenvalue weighted by atomic mass is 16.5. The molecule has 0 spiro atoms. The van der Waals surface area contributed by atoms with E-state index in [1.165, 1.54) is 38.6 Å². The van der Waals surface area contributed by atoms with Gasteiger partial charge in [-0.25, -0.2) is 0 Å². The third-order valence-corrected chi connectivity index (χ3v) is 4.32. The van der Waals surface area contributed by atoms with Gasteiger partial charge in [-0.15, -0.1) is 0 Å². The lowest BCUT2D eigenvalue weighted by molar-refractivity contribution is -0.00249. The summed E-state index contributed by atoms with van der Waals surface area (Å²) < 4.78 is 5.67. The molecule has 0 radical (unpaired) electrons. The van der Waals surface area contributed by atoms with Crippen LogP contribution in [0.25, 0.3) is 0 Å². The summed E-state index contributed by atoms with van der Waals surface area (Å²) in [4.78, 5) is 2.54. The smallest absolute Gasteiger partial charge is 0.0636 e. The number of rotatable bonds is 6. The standard InChI is InChI=1S/C14H28N2O/c1-3-8-15-13-7-9-17-11-14(13)16(2)10-12-5-4-6-12/h12-15H,3-11H2,1-2H3. The molecule has 0 aromatic carbocycles. The van der Waals surface area contributed by atoms with Crippen molar-refractivity contribution >= 4 is 0 Å². The van der Waals surface area contributed by atoms with E-state index in [9.17, 15) is 0 Å². The summed E-state index contributed by atoms with van der Waals surface area (Å²) >= 11 is 0. The van der Waals surface area contributed by atoms with Crippen LogP contribution in [0.4, 0.5) is 0 Å². The number of hydrogen-bond acceptors (Lipinski definition) is 3. The minimum Gasteiger partial charge on any atom is -0.380 e. The summed E-state index contributed by atoms with van der Waals surface area (Å²) in [5.41, 5.74) is 0. The molecule has 2 fully saturated rings. The van der Waals surface area contributed by atoms with Crippen LogP contribution in [0.3, 0.4) is 0 Å². The maximum absolute atomic E-state index is 5.67. The highest BCUT2D eigenvalue weighted by molar-refractivity contribution is 4.87. The van der Waals surface area contributed by atoms with E-state index in [4.69, 9.17) is 4.74 Å². The molecule has 1 saturated heterocycles. The van der Waals surface area contributed by atoms with Gasteiger partial charge in [0.25, 0.3) is 0 Å². The molecule has 100 valence electrons. The van der Waals surface area contributed by atoms with Crippen LogP contribution in [0.1, 0.15) is 39.0 Å². The predicted octanol–water partition coefficient (Wildman–Crippen LogP) is 1.88. The Bertz CT molecular complexity index is 218. The number of nitrogens with zero attached hydrogens (tertiary/aromatic N) is 1. The summed E-state index contributed by atoms with van der Waals surface area (Å²) in [5, 5.41) is 3.69. The SMILES string of the molecule is CCCNC1CCOCC1N(C)CC1CCC1. The van der Waals surface area contributed by atoms with Gasteiger partial charge < -0.3 is 10.1 Å². The molecular weight excluding hydrogens is 212 g/mol. The predicted molar refractivity (Wildman–Crippen MR) is 71.3 cm³/mol. The highest BCUT2D eigenvalue weighted by Crippen LogP contribution is 2.28. The van der Waals surface area contributed by atoms with E-state index >= 15 is 0 Å². The molecule has 2 aliphatic rings. The zero-order valence-electron chi connectivity index (χ0n) is 11.5. The van der Waals surface area contributed by atoms with Gasteiger partial charge in [0.15, 0.2) is 0 Å². The monoisotopic (exact) mass is 240 g/mol. The molecule has 3 heteroatoms. The Morgan fingerprint density at radius 3 is 2.76 bits per heavy atom. The Labute approximate surface area is 106 Å². The van der Waals surface area contributed by atoms with Crippen molar-refractivity contribution in [3.63, 3.8) is 0 Å². The lowest BCUT2D eigenvalue weighted by Crippen LogP contribution is -2.55. The molecule has 0 aromatic heterocycles. The Morgan fingerprint density at radius 1 is 1.29 bits per heavy atom. The third-order valence-electron chi connectivity index (χ3n) is 4.32. The second kappa shape index (κ2) is 6.72. The van der Waals surface area contributed by atoms with Crippen molar-refractivity contribution in [2.45, 2.75) is 51.1 Å². The van der Waals surface area contributed by atoms with Crippen molar-refractivity contribution in [2.75, 3.05) is 33.4 Å². The van der Waals surface area contributed by atoms with E-state index in [1.54, 1.807) is 0 Å². The zero-order valence-corrected chi connectivity index (χ0v) is 11.5. The molecule has 17 heavy (non-hydrogen) atoms. The van der Waals surface area contributed by atoms with Crippen LogP contribution >= 0.6 is 0 Å². The number of likely N-dealkylation sites (N-methyl/N-ethyl adjacent to an activating group) is 1. The van der Waals surface area contributed by atoms with Crippen LogP contribution in [-0.4, -0.2) is 50.3 Å². The van der Waals surface area contributed by atoms with Crippen LogP contribution < -0.4 is 5.32 Å². The largest absolute Gasteiger partial charge is 0.380 e. The van der Waals surface area contributed by atoms with Gasteiger partial charge in [-0.2, -0.15) is 0 Å². The van der Waals surface area contributed by atoms with Gasteiger partial charge in [-0.3, -0.25) is 4.90 Å². The molecule has 0 bridgehead atoms. The van der Waals surface area contributed by atoms with Crippen molar-refractivity contribution < 1.29 is 4.74 Å². The van der Waals surface area contributed by atoms with Crippen molar-refractivity contribution in [1.82, 2.24) is 10.2 Å². The van der Waals surface area contributed by atoms with Crippen molar-refractivity contribution in [3.8, 4) is 0 Å². The quantitative estimate of drug-likeness (QED) is 0.767. The zero-order chi connectivity index (χ0) is 12.1. The maximum Gasteiger partial charge on any atom is 0.0636 e. The van der Waals surface area contributed by atoms with E-state index in [-0.39, 0.29) is 0 Å². The van der Waals surface area contributed by atoms with E-state index in [1.807, 2.05) is 0 Å². The molecule has 1 aliphatic heterocycles. The Kier molecular flexibility index (Phi) is 5.26. The average Bonchev–Trinajstić information content (AvgIpc) is 2.31. The van der Waals surface area contributed by atoms with Crippen LogP contribution in [0.15, 0.2) is 0 Å². The number of hydrogen-bond donors (Lipinski definition) is 1. The maximum atomic E-state index is 5.67. The first-order chi connectivity index (χ1) is 8.31. The minimum atomic E-state index is 0.580. The molecule has 0 aromatic rings. The Balaban J connectivity index is 1.80. The molecule has 1 N–H and O–H groups in total. The summed E-state index contributed by atoms with van der Waals surface area (Å²) in [6, 6.07) is 1.21. The van der Waals surface area contributed by atoms with Gasteiger partial charge in [0.1, 0.15) is 0 Å². The number of nitrogens with one attached hydrogen (secondary N) is 1. The van der Waals surface area contributed by atoms with Gasteiger partial charge in [0.2, 0.25) is 0 Å². The summed E-state index contributed by atoms with van der Waals surface area (Å²) in [6.07, 6.45) is 6.70. The first kappa shape index (κ1) is 13.3. The second-order valence-electron chi connectivity index (χ2n) is 5.73. The second-order valence-corrected chi connectivity index (χ2v) is 5.73. The van der Waals surface area contributed by atoms with Gasteiger partial charge in [0.05, 0.1) is 6.61 Å². The van der Waals surface area contributed by atoms with Crippen LogP contribution in [0, 0.1) is 5.92 Å².